The summed E-state index contributed by atoms with van der Waals surface area (Å²) in [6.07, 6.45) is 2.03. The molecular formula is C9H23N2OP. The van der Waals surface area contributed by atoms with Crippen molar-refractivity contribution in [2.24, 2.45) is 16.9 Å². The molecule has 1 unspecified atom stereocenters. The summed E-state index contributed by atoms with van der Waals surface area (Å²) in [4.78, 5) is 0. The highest BCUT2D eigenvalue weighted by molar-refractivity contribution is 7.51. The Bertz CT molecular complexity index is 131. The van der Waals surface area contributed by atoms with Gasteiger partial charge in [-0.05, 0) is 31.6 Å². The van der Waals surface area contributed by atoms with E-state index in [0.717, 1.165) is 32.3 Å². The van der Waals surface area contributed by atoms with E-state index in [-0.39, 0.29) is 13.6 Å². The first-order valence-electron chi connectivity index (χ1n) is 4.76. The molecule has 0 aliphatic heterocycles. The van der Waals surface area contributed by atoms with Crippen molar-refractivity contribution in [1.82, 2.24) is 0 Å². The first-order chi connectivity index (χ1) is 6.02. The maximum Gasteiger partial charge on any atom is 0.0514 e. The topological polar surface area (TPSA) is 61.3 Å². The quantitative estimate of drug-likeness (QED) is 0.618. The SMILES string of the molecule is CP(CCN)OCCC(C)(C)CN. The van der Waals surface area contributed by atoms with Crippen molar-refractivity contribution >= 4 is 8.15 Å². The van der Waals surface area contributed by atoms with Crippen LogP contribution in [0.2, 0.25) is 0 Å². The van der Waals surface area contributed by atoms with Crippen LogP contribution in [0.25, 0.3) is 0 Å². The van der Waals surface area contributed by atoms with Crippen LogP contribution in [0.5, 0.6) is 0 Å². The fraction of sp³-hybridized carbons (Fsp3) is 1.00. The van der Waals surface area contributed by atoms with Gasteiger partial charge in [-0.15, -0.1) is 0 Å². The second kappa shape index (κ2) is 6.72. The third-order valence-corrected chi connectivity index (χ3v) is 3.60. The van der Waals surface area contributed by atoms with Crippen LogP contribution < -0.4 is 11.5 Å². The van der Waals surface area contributed by atoms with Gasteiger partial charge in [-0.2, -0.15) is 0 Å². The van der Waals surface area contributed by atoms with E-state index in [1.54, 1.807) is 0 Å². The van der Waals surface area contributed by atoms with Gasteiger partial charge in [0.25, 0.3) is 0 Å². The first kappa shape index (κ1) is 13.3. The molecule has 1 atom stereocenters. The van der Waals surface area contributed by atoms with Gasteiger partial charge >= 0.3 is 0 Å². The van der Waals surface area contributed by atoms with Crippen molar-refractivity contribution in [1.29, 1.82) is 0 Å². The summed E-state index contributed by atoms with van der Waals surface area (Å²) in [6, 6.07) is 0. The van der Waals surface area contributed by atoms with Gasteiger partial charge in [0.2, 0.25) is 0 Å². The molecule has 0 aromatic rings. The smallest absolute Gasteiger partial charge is 0.0514 e. The van der Waals surface area contributed by atoms with Gasteiger partial charge in [0, 0.05) is 14.3 Å². The maximum absolute atomic E-state index is 5.65. The van der Waals surface area contributed by atoms with E-state index < -0.39 is 0 Å². The van der Waals surface area contributed by atoms with E-state index in [1.165, 1.54) is 0 Å². The highest BCUT2D eigenvalue weighted by atomic mass is 31.1. The van der Waals surface area contributed by atoms with Crippen LogP contribution in [0.1, 0.15) is 20.3 Å². The molecule has 80 valence electrons. The largest absolute Gasteiger partial charge is 0.359 e. The van der Waals surface area contributed by atoms with E-state index in [1.807, 2.05) is 0 Å². The van der Waals surface area contributed by atoms with E-state index in [4.69, 9.17) is 16.0 Å². The molecule has 0 rings (SSSR count). The molecule has 4 heteroatoms. The normalized spacial score (nSPS) is 14.5. The van der Waals surface area contributed by atoms with Crippen LogP contribution >= 0.6 is 8.15 Å². The van der Waals surface area contributed by atoms with Gasteiger partial charge in [0.15, 0.2) is 0 Å². The Morgan fingerprint density at radius 2 is 1.92 bits per heavy atom. The highest BCUT2D eigenvalue weighted by Crippen LogP contribution is 2.32. The second-order valence-corrected chi connectivity index (χ2v) is 6.05. The summed E-state index contributed by atoms with van der Waals surface area (Å²) in [5.74, 6) is 0. The predicted molar refractivity (Wildman–Crippen MR) is 60.2 cm³/mol. The van der Waals surface area contributed by atoms with E-state index in [2.05, 4.69) is 20.5 Å². The van der Waals surface area contributed by atoms with Crippen LogP contribution in [0, 0.1) is 5.41 Å². The zero-order valence-corrected chi connectivity index (χ0v) is 9.94. The van der Waals surface area contributed by atoms with Gasteiger partial charge in [-0.1, -0.05) is 13.8 Å². The average molecular weight is 206 g/mol. The second-order valence-electron chi connectivity index (χ2n) is 4.09. The Kier molecular flexibility index (Phi) is 6.88. The minimum absolute atomic E-state index is 0.207. The number of rotatable bonds is 7. The average Bonchev–Trinajstić information content (AvgIpc) is 2.05. The minimum Gasteiger partial charge on any atom is -0.359 e. The molecule has 0 heterocycles. The summed E-state index contributed by atoms with van der Waals surface area (Å²) in [5.41, 5.74) is 11.2. The molecule has 0 spiro atoms. The Morgan fingerprint density at radius 1 is 1.31 bits per heavy atom. The van der Waals surface area contributed by atoms with Gasteiger partial charge in [0.1, 0.15) is 0 Å². The molecule has 0 saturated heterocycles. The molecule has 4 N–H and O–H groups in total. The fourth-order valence-corrected chi connectivity index (χ4v) is 1.72. The van der Waals surface area contributed by atoms with Gasteiger partial charge in [-0.3, -0.25) is 0 Å². The van der Waals surface area contributed by atoms with Crippen LogP contribution in [0.15, 0.2) is 0 Å². The lowest BCUT2D eigenvalue weighted by Crippen LogP contribution is -2.24. The van der Waals surface area contributed by atoms with E-state index in [9.17, 15) is 0 Å². The molecule has 0 aliphatic rings. The van der Waals surface area contributed by atoms with Gasteiger partial charge in [0.05, 0.1) is 6.61 Å². The Balaban J connectivity index is 3.44. The van der Waals surface area contributed by atoms with Crippen molar-refractivity contribution in [2.75, 3.05) is 32.5 Å². The summed E-state index contributed by atoms with van der Waals surface area (Å²) in [7, 11) is -0.305. The van der Waals surface area contributed by atoms with Crippen LogP contribution in [0.4, 0.5) is 0 Å². The molecule has 0 aliphatic carbocycles. The number of hydrogen-bond acceptors (Lipinski definition) is 3. The van der Waals surface area contributed by atoms with Crippen molar-refractivity contribution in [2.45, 2.75) is 20.3 Å². The maximum atomic E-state index is 5.65. The molecule has 0 aromatic carbocycles. The van der Waals surface area contributed by atoms with Crippen LogP contribution in [-0.4, -0.2) is 32.5 Å². The van der Waals surface area contributed by atoms with Crippen molar-refractivity contribution in [3.05, 3.63) is 0 Å². The molecule has 13 heavy (non-hydrogen) atoms. The summed E-state index contributed by atoms with van der Waals surface area (Å²) < 4.78 is 5.65. The summed E-state index contributed by atoms with van der Waals surface area (Å²) >= 11 is 0. The predicted octanol–water partition coefficient (Wildman–Crippen LogP) is 1.36. The Labute approximate surface area is 83.0 Å². The zero-order valence-electron chi connectivity index (χ0n) is 9.05. The summed E-state index contributed by atoms with van der Waals surface area (Å²) in [6.45, 7) is 8.70. The minimum atomic E-state index is -0.305. The van der Waals surface area contributed by atoms with Crippen molar-refractivity contribution in [3.63, 3.8) is 0 Å². The Morgan fingerprint density at radius 3 is 2.38 bits per heavy atom. The summed E-state index contributed by atoms with van der Waals surface area (Å²) in [5, 5.41) is 0. The molecule has 0 radical (unpaired) electrons. The zero-order chi connectivity index (χ0) is 10.3. The third-order valence-electron chi connectivity index (χ3n) is 2.09. The molecule has 3 nitrogen and oxygen atoms in total. The van der Waals surface area contributed by atoms with Crippen LogP contribution in [0.3, 0.4) is 0 Å². The lowest BCUT2D eigenvalue weighted by atomic mass is 9.90. The van der Waals surface area contributed by atoms with Crippen LogP contribution in [-0.2, 0) is 4.52 Å². The standard InChI is InChI=1S/C9H23N2OP/c1-9(2,8-11)4-6-12-13(3)7-5-10/h4-8,10-11H2,1-3H3. The molecule has 0 saturated carbocycles. The van der Waals surface area contributed by atoms with E-state index >= 15 is 0 Å². The molecule has 0 bridgehead atoms. The van der Waals surface area contributed by atoms with Crippen molar-refractivity contribution < 1.29 is 4.52 Å². The lowest BCUT2D eigenvalue weighted by Gasteiger charge is -2.23. The van der Waals surface area contributed by atoms with Crippen molar-refractivity contribution in [3.8, 4) is 0 Å². The number of hydrogen-bond donors (Lipinski definition) is 2. The molecule has 0 fully saturated rings. The van der Waals surface area contributed by atoms with E-state index in [0.29, 0.717) is 0 Å². The highest BCUT2D eigenvalue weighted by Gasteiger charge is 2.15. The number of nitrogens with two attached hydrogens (primary N) is 2. The van der Waals surface area contributed by atoms with Gasteiger partial charge in [-0.25, -0.2) is 0 Å². The van der Waals surface area contributed by atoms with Gasteiger partial charge < -0.3 is 16.0 Å². The molecule has 0 amide bonds. The third kappa shape index (κ3) is 7.39. The fourth-order valence-electron chi connectivity index (χ4n) is 0.826. The molecule has 0 aromatic heterocycles. The first-order valence-corrected chi connectivity index (χ1v) is 6.65. The monoisotopic (exact) mass is 206 g/mol. The molecular weight excluding hydrogens is 183 g/mol. The lowest BCUT2D eigenvalue weighted by molar-refractivity contribution is 0.250. The Hall–Kier alpha value is 0.310.